The van der Waals surface area contributed by atoms with E-state index in [0.29, 0.717) is 30.2 Å². The molecule has 2 amide bonds. The Balaban J connectivity index is 1.33. The molecule has 2 aliphatic heterocycles. The van der Waals surface area contributed by atoms with E-state index in [1.54, 1.807) is 0 Å². The minimum absolute atomic E-state index is 0.0184. The summed E-state index contributed by atoms with van der Waals surface area (Å²) in [5, 5.41) is 0.744. The van der Waals surface area contributed by atoms with Crippen molar-refractivity contribution in [1.29, 1.82) is 0 Å². The van der Waals surface area contributed by atoms with Gasteiger partial charge >= 0.3 is 0 Å². The Morgan fingerprint density at radius 1 is 1.00 bits per heavy atom. The Labute approximate surface area is 235 Å². The number of likely N-dealkylation sites (tertiary alicyclic amines) is 2. The number of hydrogen-bond acceptors (Lipinski definition) is 3. The van der Waals surface area contributed by atoms with Crippen LogP contribution < -0.4 is 0 Å². The zero-order chi connectivity index (χ0) is 27.1. The third kappa shape index (κ3) is 5.52. The van der Waals surface area contributed by atoms with Gasteiger partial charge in [0.1, 0.15) is 0 Å². The van der Waals surface area contributed by atoms with Crippen LogP contribution in [-0.2, 0) is 9.59 Å². The van der Waals surface area contributed by atoms with Crippen LogP contribution in [0.15, 0.2) is 24.3 Å². The van der Waals surface area contributed by atoms with Crippen LogP contribution in [0.4, 0.5) is 0 Å². The van der Waals surface area contributed by atoms with Crippen molar-refractivity contribution in [2.45, 2.75) is 102 Å². The van der Waals surface area contributed by atoms with Crippen molar-refractivity contribution >= 4 is 23.4 Å². The molecule has 1 aromatic carbocycles. The van der Waals surface area contributed by atoms with Crippen molar-refractivity contribution < 1.29 is 9.59 Å². The molecule has 0 radical (unpaired) electrons. The molecule has 5 nitrogen and oxygen atoms in total. The Bertz CT molecular complexity index is 992. The van der Waals surface area contributed by atoms with Gasteiger partial charge in [-0.25, -0.2) is 0 Å². The van der Waals surface area contributed by atoms with Crippen LogP contribution in [0.25, 0.3) is 0 Å². The Morgan fingerprint density at radius 2 is 1.66 bits per heavy atom. The van der Waals surface area contributed by atoms with Gasteiger partial charge in [-0.15, -0.1) is 0 Å². The van der Waals surface area contributed by atoms with E-state index in [9.17, 15) is 9.59 Å². The van der Waals surface area contributed by atoms with Crippen molar-refractivity contribution in [1.82, 2.24) is 14.7 Å². The molecule has 3 atom stereocenters. The molecule has 0 aromatic heterocycles. The molecule has 6 heteroatoms. The van der Waals surface area contributed by atoms with Gasteiger partial charge in [-0.1, -0.05) is 43.0 Å². The molecule has 4 aliphatic rings. The molecular weight excluding hydrogens is 494 g/mol. The summed E-state index contributed by atoms with van der Waals surface area (Å²) in [7, 11) is 4.27. The molecule has 2 saturated carbocycles. The first-order chi connectivity index (χ1) is 18.1. The predicted octanol–water partition coefficient (Wildman–Crippen LogP) is 6.35. The summed E-state index contributed by atoms with van der Waals surface area (Å²) in [5.74, 6) is 1.59. The lowest BCUT2D eigenvalue weighted by Crippen LogP contribution is -2.55. The van der Waals surface area contributed by atoms with E-state index in [1.807, 2.05) is 12.1 Å². The quantitative estimate of drug-likeness (QED) is 0.421. The maximum Gasteiger partial charge on any atom is 0.226 e. The van der Waals surface area contributed by atoms with E-state index in [2.05, 4.69) is 54.8 Å². The maximum absolute atomic E-state index is 14.1. The first-order valence-electron chi connectivity index (χ1n) is 15.1. The van der Waals surface area contributed by atoms with Crippen molar-refractivity contribution in [3.8, 4) is 0 Å². The predicted molar refractivity (Wildman–Crippen MR) is 154 cm³/mol. The zero-order valence-electron chi connectivity index (χ0n) is 24.1. The van der Waals surface area contributed by atoms with Crippen LogP contribution >= 0.6 is 11.6 Å². The van der Waals surface area contributed by atoms with Gasteiger partial charge in [-0.05, 0) is 108 Å². The van der Waals surface area contributed by atoms with E-state index in [-0.39, 0.29) is 22.8 Å². The number of amides is 2. The standard InChI is InChI=1S/C32H48ClN3O2/c1-31(2)15-14-29(37)36(31)22-32(24-8-6-5-7-9-24)16-18-35(19-17-32)30(38)28-21-26(34(3)4)20-27(28)23-10-12-25(33)13-11-23/h10-13,24,26-28H,5-9,14-22H2,1-4H3/t26-,27-,28+/m0/s1. The maximum atomic E-state index is 14.1. The molecule has 4 fully saturated rings. The molecule has 1 aromatic rings. The van der Waals surface area contributed by atoms with Crippen molar-refractivity contribution in [3.05, 3.63) is 34.9 Å². The molecule has 5 rings (SSSR count). The summed E-state index contributed by atoms with van der Waals surface area (Å²) in [6.45, 7) is 7.01. The minimum atomic E-state index is -0.0530. The van der Waals surface area contributed by atoms with Crippen LogP contribution in [0.3, 0.4) is 0 Å². The lowest BCUT2D eigenvalue weighted by atomic mass is 9.63. The summed E-state index contributed by atoms with van der Waals surface area (Å²) in [6, 6.07) is 8.57. The smallest absolute Gasteiger partial charge is 0.226 e. The van der Waals surface area contributed by atoms with Gasteiger partial charge in [-0.2, -0.15) is 0 Å². The van der Waals surface area contributed by atoms with Crippen LogP contribution in [0.5, 0.6) is 0 Å². The van der Waals surface area contributed by atoms with E-state index in [1.165, 1.54) is 37.7 Å². The minimum Gasteiger partial charge on any atom is -0.342 e. The Hall–Kier alpha value is -1.59. The molecule has 2 heterocycles. The van der Waals surface area contributed by atoms with Crippen molar-refractivity contribution in [3.63, 3.8) is 0 Å². The number of halogens is 1. The first-order valence-corrected chi connectivity index (χ1v) is 15.5. The Kier molecular flexibility index (Phi) is 8.18. The monoisotopic (exact) mass is 541 g/mol. The molecule has 2 saturated heterocycles. The molecule has 0 bridgehead atoms. The third-order valence-electron chi connectivity index (χ3n) is 10.9. The van der Waals surface area contributed by atoms with Gasteiger partial charge in [0.2, 0.25) is 11.8 Å². The molecule has 210 valence electrons. The van der Waals surface area contributed by atoms with Crippen LogP contribution in [0.1, 0.15) is 96.0 Å². The number of carbonyl (C=O) groups excluding carboxylic acids is 2. The highest BCUT2D eigenvalue weighted by atomic mass is 35.5. The number of piperidine rings is 1. The van der Waals surface area contributed by atoms with E-state index in [4.69, 9.17) is 11.6 Å². The zero-order valence-corrected chi connectivity index (χ0v) is 24.8. The fourth-order valence-corrected chi connectivity index (χ4v) is 8.36. The van der Waals surface area contributed by atoms with Gasteiger partial charge in [0.05, 0.1) is 0 Å². The number of nitrogens with zero attached hydrogens (tertiary/aromatic N) is 3. The molecule has 38 heavy (non-hydrogen) atoms. The average Bonchev–Trinajstić information content (AvgIpc) is 3.47. The summed E-state index contributed by atoms with van der Waals surface area (Å²) < 4.78 is 0. The number of carbonyl (C=O) groups is 2. The highest BCUT2D eigenvalue weighted by Crippen LogP contribution is 2.49. The number of hydrogen-bond donors (Lipinski definition) is 0. The molecule has 0 N–H and O–H groups in total. The van der Waals surface area contributed by atoms with Crippen molar-refractivity contribution in [2.75, 3.05) is 33.7 Å². The van der Waals surface area contributed by atoms with Gasteiger partial charge in [0.25, 0.3) is 0 Å². The second-order valence-electron chi connectivity index (χ2n) is 13.7. The van der Waals surface area contributed by atoms with E-state index >= 15 is 0 Å². The van der Waals surface area contributed by atoms with Gasteiger partial charge < -0.3 is 14.7 Å². The second kappa shape index (κ2) is 11.1. The van der Waals surface area contributed by atoms with Gasteiger partial charge in [-0.3, -0.25) is 9.59 Å². The molecule has 0 unspecified atom stereocenters. The lowest BCUT2D eigenvalue weighted by molar-refractivity contribution is -0.142. The second-order valence-corrected chi connectivity index (χ2v) is 14.1. The third-order valence-corrected chi connectivity index (χ3v) is 11.1. The van der Waals surface area contributed by atoms with Crippen LogP contribution in [-0.4, -0.2) is 71.8 Å². The molecular formula is C32H48ClN3O2. The van der Waals surface area contributed by atoms with Crippen molar-refractivity contribution in [2.24, 2.45) is 17.3 Å². The van der Waals surface area contributed by atoms with E-state index in [0.717, 1.165) is 56.8 Å². The van der Waals surface area contributed by atoms with Crippen LogP contribution in [0.2, 0.25) is 5.02 Å². The summed E-state index contributed by atoms with van der Waals surface area (Å²) in [6.07, 6.45) is 12.1. The van der Waals surface area contributed by atoms with Crippen LogP contribution in [0, 0.1) is 17.3 Å². The molecule has 0 spiro atoms. The van der Waals surface area contributed by atoms with Gasteiger partial charge in [0.15, 0.2) is 0 Å². The highest BCUT2D eigenvalue weighted by molar-refractivity contribution is 6.30. The van der Waals surface area contributed by atoms with Gasteiger partial charge in [0, 0.05) is 48.6 Å². The Morgan fingerprint density at radius 3 is 2.24 bits per heavy atom. The van der Waals surface area contributed by atoms with E-state index < -0.39 is 0 Å². The number of benzene rings is 1. The largest absolute Gasteiger partial charge is 0.342 e. The number of rotatable bonds is 6. The first kappa shape index (κ1) is 28.0. The highest BCUT2D eigenvalue weighted by Gasteiger charge is 2.49. The lowest BCUT2D eigenvalue weighted by Gasteiger charge is -2.51. The average molecular weight is 542 g/mol. The fraction of sp³-hybridized carbons (Fsp3) is 0.750. The SMILES string of the molecule is CN(C)[C@@H]1C[C@@H](C(=O)N2CCC(CN3C(=O)CCC3(C)C)(C3CCCCC3)CC2)[C@H](c2ccc(Cl)cc2)C1. The molecule has 2 aliphatic carbocycles. The normalized spacial score (nSPS) is 29.8. The topological polar surface area (TPSA) is 43.9 Å². The summed E-state index contributed by atoms with van der Waals surface area (Å²) in [5.41, 5.74) is 1.33. The summed E-state index contributed by atoms with van der Waals surface area (Å²) >= 11 is 6.19. The fourth-order valence-electron chi connectivity index (χ4n) is 8.24. The summed E-state index contributed by atoms with van der Waals surface area (Å²) in [4.78, 5) is 33.8.